The van der Waals surface area contributed by atoms with Crippen molar-refractivity contribution in [2.75, 3.05) is 23.8 Å². The summed E-state index contributed by atoms with van der Waals surface area (Å²) >= 11 is 0. The largest absolute Gasteiger partial charge is 0.459 e. The van der Waals surface area contributed by atoms with Crippen LogP contribution in [0.1, 0.15) is 32.8 Å². The molecule has 0 spiro atoms. The third kappa shape index (κ3) is 8.26. The van der Waals surface area contributed by atoms with Gasteiger partial charge < -0.3 is 14.2 Å². The molecule has 0 radical (unpaired) electrons. The number of hydrogen-bond donors (Lipinski definition) is 2. The van der Waals surface area contributed by atoms with E-state index in [0.29, 0.717) is 17.8 Å². The van der Waals surface area contributed by atoms with Crippen LogP contribution in [-0.4, -0.2) is 37.5 Å². The Hall–Kier alpha value is -3.03. The fraction of sp³-hybridized carbons (Fsp3) is 0.421. The van der Waals surface area contributed by atoms with Gasteiger partial charge in [-0.2, -0.15) is 0 Å². The van der Waals surface area contributed by atoms with Crippen LogP contribution in [0.2, 0.25) is 0 Å². The summed E-state index contributed by atoms with van der Waals surface area (Å²) in [5.74, 6) is -0.544. The fourth-order valence-electron chi connectivity index (χ4n) is 1.79. The van der Waals surface area contributed by atoms with E-state index in [0.717, 1.165) is 5.56 Å². The second-order valence-electron chi connectivity index (χ2n) is 5.96. The number of aryl methyl sites for hydroxylation is 1. The van der Waals surface area contributed by atoms with E-state index in [9.17, 15) is 14.4 Å². The van der Waals surface area contributed by atoms with E-state index in [4.69, 9.17) is 14.2 Å². The zero-order valence-electron chi connectivity index (χ0n) is 16.1. The van der Waals surface area contributed by atoms with Crippen LogP contribution in [0.5, 0.6) is 0 Å². The number of carbonyl (C=O) groups excluding carboxylic acids is 3. The molecule has 0 aliphatic carbocycles. The molecule has 0 saturated heterocycles. The van der Waals surface area contributed by atoms with E-state index < -0.39 is 18.2 Å². The lowest BCUT2D eigenvalue weighted by atomic mass is 10.2. The van der Waals surface area contributed by atoms with Crippen LogP contribution in [0.15, 0.2) is 30.4 Å². The third-order valence-electron chi connectivity index (χ3n) is 3.50. The van der Waals surface area contributed by atoms with E-state index >= 15 is 0 Å². The number of carbonyl (C=O) groups is 3. The maximum absolute atomic E-state index is 11.9. The average Bonchev–Trinajstić information content (AvgIpc) is 2.61. The molecule has 1 rings (SSSR count). The number of hydrogen-bond acceptors (Lipinski definition) is 6. The molecule has 148 valence electrons. The van der Waals surface area contributed by atoms with E-state index in [-0.39, 0.29) is 24.9 Å². The van der Waals surface area contributed by atoms with Gasteiger partial charge in [0.2, 0.25) is 0 Å². The monoisotopic (exact) mass is 378 g/mol. The van der Waals surface area contributed by atoms with E-state index in [1.54, 1.807) is 32.0 Å². The third-order valence-corrected chi connectivity index (χ3v) is 3.50. The number of benzene rings is 1. The summed E-state index contributed by atoms with van der Waals surface area (Å²) < 4.78 is 14.9. The van der Waals surface area contributed by atoms with Crippen LogP contribution in [0.25, 0.3) is 0 Å². The van der Waals surface area contributed by atoms with Crippen molar-refractivity contribution >= 4 is 29.5 Å². The molecule has 0 fully saturated rings. The first kappa shape index (κ1) is 22.0. The Morgan fingerprint density at radius 1 is 1.11 bits per heavy atom. The highest BCUT2D eigenvalue weighted by molar-refractivity contribution is 5.90. The first-order valence-electron chi connectivity index (χ1n) is 8.57. The summed E-state index contributed by atoms with van der Waals surface area (Å²) in [6, 6.07) is 5.03. The summed E-state index contributed by atoms with van der Waals surface area (Å²) in [4.78, 5) is 34.9. The Balaban J connectivity index is 2.54. The molecular formula is C19H26N2O6. The summed E-state index contributed by atoms with van der Waals surface area (Å²) in [7, 11) is 0. The number of nitrogens with one attached hydrogen (secondary N) is 2. The lowest BCUT2D eigenvalue weighted by Crippen LogP contribution is -2.20. The van der Waals surface area contributed by atoms with Gasteiger partial charge in [0.25, 0.3) is 0 Å². The molecule has 27 heavy (non-hydrogen) atoms. The van der Waals surface area contributed by atoms with Gasteiger partial charge in [0.15, 0.2) is 0 Å². The van der Waals surface area contributed by atoms with Gasteiger partial charge in [-0.3, -0.25) is 10.6 Å². The molecule has 0 aliphatic heterocycles. The smallest absolute Gasteiger partial charge is 0.411 e. The van der Waals surface area contributed by atoms with Gasteiger partial charge in [0.1, 0.15) is 19.3 Å². The van der Waals surface area contributed by atoms with Crippen LogP contribution < -0.4 is 10.6 Å². The molecule has 0 bridgehead atoms. The predicted octanol–water partition coefficient (Wildman–Crippen LogP) is 4.01. The normalized spacial score (nSPS) is 11.1. The van der Waals surface area contributed by atoms with Crippen LogP contribution >= 0.6 is 0 Å². The summed E-state index contributed by atoms with van der Waals surface area (Å²) in [6.45, 7) is 10.3. The second-order valence-corrected chi connectivity index (χ2v) is 5.96. The lowest BCUT2D eigenvalue weighted by Gasteiger charge is -2.14. The van der Waals surface area contributed by atoms with Crippen molar-refractivity contribution in [3.63, 3.8) is 0 Å². The molecule has 0 aliphatic rings. The minimum absolute atomic E-state index is 0.0683. The average molecular weight is 378 g/mol. The topological polar surface area (TPSA) is 103 Å². The zero-order chi connectivity index (χ0) is 20.4. The van der Waals surface area contributed by atoms with E-state index in [1.165, 1.54) is 6.92 Å². The number of ether oxygens (including phenoxy) is 3. The summed E-state index contributed by atoms with van der Waals surface area (Å²) in [5, 5.41) is 5.18. The minimum atomic E-state index is -0.705. The maximum atomic E-state index is 11.9. The summed E-state index contributed by atoms with van der Waals surface area (Å²) in [5.41, 5.74) is 1.99. The number of amides is 2. The molecular weight excluding hydrogens is 352 g/mol. The first-order valence-corrected chi connectivity index (χ1v) is 8.57. The highest BCUT2D eigenvalue weighted by Crippen LogP contribution is 2.21. The van der Waals surface area contributed by atoms with Crippen molar-refractivity contribution in [3.05, 3.63) is 35.9 Å². The van der Waals surface area contributed by atoms with Crippen molar-refractivity contribution in [2.24, 2.45) is 0 Å². The minimum Gasteiger partial charge on any atom is -0.459 e. The molecule has 1 aromatic carbocycles. The number of rotatable bonds is 8. The van der Waals surface area contributed by atoms with Gasteiger partial charge >= 0.3 is 18.2 Å². The van der Waals surface area contributed by atoms with Crippen molar-refractivity contribution in [1.82, 2.24) is 0 Å². The molecule has 0 saturated carbocycles. The van der Waals surface area contributed by atoms with Gasteiger partial charge in [-0.05, 0) is 44.9 Å². The molecule has 8 nitrogen and oxygen atoms in total. The van der Waals surface area contributed by atoms with E-state index in [2.05, 4.69) is 17.2 Å². The van der Waals surface area contributed by atoms with Crippen LogP contribution in [0, 0.1) is 6.92 Å². The Morgan fingerprint density at radius 2 is 1.78 bits per heavy atom. The number of esters is 1. The first-order chi connectivity index (χ1) is 12.7. The lowest BCUT2D eigenvalue weighted by molar-refractivity contribution is -0.139. The number of anilines is 2. The predicted molar refractivity (Wildman–Crippen MR) is 102 cm³/mol. The Labute approximate surface area is 158 Å². The highest BCUT2D eigenvalue weighted by atomic mass is 16.6. The van der Waals surface area contributed by atoms with Crippen molar-refractivity contribution in [1.29, 1.82) is 0 Å². The molecule has 1 aromatic rings. The Morgan fingerprint density at radius 3 is 2.41 bits per heavy atom. The van der Waals surface area contributed by atoms with Crippen molar-refractivity contribution < 1.29 is 28.6 Å². The van der Waals surface area contributed by atoms with Gasteiger partial charge in [-0.15, -0.1) is 0 Å². The van der Waals surface area contributed by atoms with E-state index in [1.807, 2.05) is 6.92 Å². The van der Waals surface area contributed by atoms with Crippen molar-refractivity contribution in [3.8, 4) is 0 Å². The fourth-order valence-corrected chi connectivity index (χ4v) is 1.79. The molecule has 1 atom stereocenters. The Kier molecular flexibility index (Phi) is 8.84. The summed E-state index contributed by atoms with van der Waals surface area (Å²) in [6.07, 6.45) is -0.756. The second kappa shape index (κ2) is 10.8. The molecule has 2 amide bonds. The molecule has 0 heterocycles. The molecule has 2 N–H and O–H groups in total. The molecule has 8 heteroatoms. The standard InChI is InChI=1S/C19H26N2O6/c1-6-14(5)27-19(24)20-15-8-7-13(4)16(11-15)21-18(23)26-10-9-25-17(22)12(2)3/h7-8,11,14H,2,6,9-10H2,1,3-5H3,(H,20,24)(H,21,23). The van der Waals surface area contributed by atoms with Gasteiger partial charge in [0, 0.05) is 16.9 Å². The maximum Gasteiger partial charge on any atom is 0.411 e. The van der Waals surface area contributed by atoms with Crippen molar-refractivity contribution in [2.45, 2.75) is 40.2 Å². The Bertz CT molecular complexity index is 701. The van der Waals surface area contributed by atoms with Gasteiger partial charge in [-0.25, -0.2) is 14.4 Å². The zero-order valence-corrected chi connectivity index (χ0v) is 16.1. The SMILES string of the molecule is C=C(C)C(=O)OCCOC(=O)Nc1cc(NC(=O)OC(C)CC)ccc1C. The van der Waals surface area contributed by atoms with Gasteiger partial charge in [0.05, 0.1) is 0 Å². The van der Waals surface area contributed by atoms with Crippen LogP contribution in [0.4, 0.5) is 21.0 Å². The highest BCUT2D eigenvalue weighted by Gasteiger charge is 2.11. The molecule has 0 aromatic heterocycles. The van der Waals surface area contributed by atoms with Crippen LogP contribution in [0.3, 0.4) is 0 Å². The van der Waals surface area contributed by atoms with Crippen LogP contribution in [-0.2, 0) is 19.0 Å². The molecule has 1 unspecified atom stereocenters. The quantitative estimate of drug-likeness (QED) is 0.307. The van der Waals surface area contributed by atoms with Gasteiger partial charge in [-0.1, -0.05) is 19.6 Å².